The zero-order valence-corrected chi connectivity index (χ0v) is 17.2. The predicted octanol–water partition coefficient (Wildman–Crippen LogP) is 3.90. The van der Waals surface area contributed by atoms with E-state index in [1.165, 1.54) is 0 Å². The van der Waals surface area contributed by atoms with Gasteiger partial charge in [0, 0.05) is 18.3 Å². The smallest absolute Gasteiger partial charge is 0.252 e. The van der Waals surface area contributed by atoms with Crippen molar-refractivity contribution in [1.29, 1.82) is 0 Å². The Morgan fingerprint density at radius 1 is 1.36 bits per heavy atom. The number of thioether (sulfide) groups is 1. The first kappa shape index (κ1) is 18.6. The number of nitrogens with one attached hydrogen (secondary N) is 1. The minimum Gasteiger partial charge on any atom is -0.343 e. The van der Waals surface area contributed by atoms with Crippen molar-refractivity contribution >= 4 is 35.2 Å². The Balaban J connectivity index is 1.68. The van der Waals surface area contributed by atoms with Crippen LogP contribution in [0.4, 0.5) is 5.82 Å². The van der Waals surface area contributed by atoms with Gasteiger partial charge in [0.25, 0.3) is 5.91 Å². The van der Waals surface area contributed by atoms with Gasteiger partial charge in [0.1, 0.15) is 0 Å². The number of fused-ring (bicyclic) bond motifs is 2. The van der Waals surface area contributed by atoms with Gasteiger partial charge in [-0.25, -0.2) is 9.99 Å². The molecule has 0 atom stereocenters. The fourth-order valence-corrected chi connectivity index (χ4v) is 4.06. The van der Waals surface area contributed by atoms with Gasteiger partial charge in [-0.15, -0.1) is 11.8 Å². The molecule has 2 aromatic heterocycles. The van der Waals surface area contributed by atoms with Gasteiger partial charge in [0.2, 0.25) is 0 Å². The van der Waals surface area contributed by atoms with Gasteiger partial charge in [0.05, 0.1) is 28.5 Å². The summed E-state index contributed by atoms with van der Waals surface area (Å²) in [4.78, 5) is 16.7. The van der Waals surface area contributed by atoms with Gasteiger partial charge in [-0.1, -0.05) is 6.07 Å². The molecule has 6 nitrogen and oxygen atoms in total. The lowest BCUT2D eigenvalue weighted by Crippen LogP contribution is -2.32. The van der Waals surface area contributed by atoms with Crippen molar-refractivity contribution < 1.29 is 4.79 Å². The Morgan fingerprint density at radius 3 is 2.93 bits per heavy atom. The van der Waals surface area contributed by atoms with E-state index < -0.39 is 0 Å². The molecule has 0 radical (unpaired) electrons. The topological polar surface area (TPSA) is 62.0 Å². The molecular weight excluding hydrogens is 370 g/mol. The molecule has 0 saturated heterocycles. The lowest BCUT2D eigenvalue weighted by Gasteiger charge is -2.19. The first-order chi connectivity index (χ1) is 13.4. The van der Waals surface area contributed by atoms with Crippen LogP contribution in [0.1, 0.15) is 42.3 Å². The highest BCUT2D eigenvalue weighted by atomic mass is 32.2. The Labute approximate surface area is 168 Å². The van der Waals surface area contributed by atoms with E-state index >= 15 is 0 Å². The maximum Gasteiger partial charge on any atom is 0.252 e. The van der Waals surface area contributed by atoms with Crippen LogP contribution in [0.15, 0.2) is 52.9 Å². The minimum atomic E-state index is -0.367. The fourth-order valence-electron chi connectivity index (χ4n) is 3.55. The summed E-state index contributed by atoms with van der Waals surface area (Å²) in [5, 5.41) is 10.7. The molecule has 4 rings (SSSR count). The van der Waals surface area contributed by atoms with E-state index in [1.807, 2.05) is 68.0 Å². The second-order valence-corrected chi connectivity index (χ2v) is 8.06. The highest BCUT2D eigenvalue weighted by Gasteiger charge is 2.34. The monoisotopic (exact) mass is 393 g/mol. The molecule has 0 spiro atoms. The first-order valence-electron chi connectivity index (χ1n) is 9.23. The largest absolute Gasteiger partial charge is 0.343 e. The van der Waals surface area contributed by atoms with Crippen molar-refractivity contribution in [3.63, 3.8) is 0 Å². The summed E-state index contributed by atoms with van der Waals surface area (Å²) < 4.78 is 2.13. The average molecular weight is 394 g/mol. The lowest BCUT2D eigenvalue weighted by molar-refractivity contribution is 0.0940. The Bertz CT molecular complexity index is 1090. The number of carbonyl (C=O) groups excluding carboxylic acids is 1. The molecule has 1 N–H and O–H groups in total. The van der Waals surface area contributed by atoms with Crippen LogP contribution in [0, 0.1) is 0 Å². The van der Waals surface area contributed by atoms with Gasteiger partial charge in [-0.05, 0) is 62.4 Å². The molecule has 3 heterocycles. The van der Waals surface area contributed by atoms with E-state index in [1.54, 1.807) is 11.8 Å². The van der Waals surface area contributed by atoms with Crippen LogP contribution in [-0.4, -0.2) is 34.3 Å². The summed E-state index contributed by atoms with van der Waals surface area (Å²) in [7, 11) is 0. The maximum atomic E-state index is 12.1. The van der Waals surface area contributed by atoms with Crippen molar-refractivity contribution in [2.24, 2.45) is 5.10 Å². The second-order valence-electron chi connectivity index (χ2n) is 7.23. The summed E-state index contributed by atoms with van der Waals surface area (Å²) in [6.45, 7) is 6.77. The third-order valence-corrected chi connectivity index (χ3v) is 5.72. The van der Waals surface area contributed by atoms with Crippen LogP contribution >= 0.6 is 11.8 Å². The molecule has 1 aromatic carbocycles. The highest BCUT2D eigenvalue weighted by Crippen LogP contribution is 2.31. The predicted molar refractivity (Wildman–Crippen MR) is 115 cm³/mol. The number of hydrogen-bond donors (Lipinski definition) is 1. The van der Waals surface area contributed by atoms with Gasteiger partial charge < -0.3 is 9.72 Å². The number of hydrogen-bond acceptors (Lipinski definition) is 5. The van der Waals surface area contributed by atoms with Crippen LogP contribution in [-0.2, 0) is 5.54 Å². The summed E-state index contributed by atoms with van der Waals surface area (Å²) in [6.07, 6.45) is 7.78. The average Bonchev–Trinajstić information content (AvgIpc) is 3.25. The number of carbonyl (C=O) groups is 1. The van der Waals surface area contributed by atoms with Crippen LogP contribution in [0.5, 0.6) is 0 Å². The zero-order chi connectivity index (χ0) is 19.9. The number of nitrogens with zero attached hydrogens (tertiary/aromatic N) is 4. The second kappa shape index (κ2) is 6.98. The summed E-state index contributed by atoms with van der Waals surface area (Å²) >= 11 is 1.66. The van der Waals surface area contributed by atoms with Crippen molar-refractivity contribution in [2.75, 3.05) is 17.8 Å². The summed E-state index contributed by atoms with van der Waals surface area (Å²) in [5.41, 5.74) is 3.35. The third-order valence-electron chi connectivity index (χ3n) is 5.00. The van der Waals surface area contributed by atoms with E-state index in [2.05, 4.69) is 32.8 Å². The number of hydrazone groups is 1. The molecule has 1 amide bonds. The molecule has 3 aromatic rings. The van der Waals surface area contributed by atoms with Crippen LogP contribution < -0.4 is 10.3 Å². The fraction of sp³-hybridized carbons (Fsp3) is 0.286. The van der Waals surface area contributed by atoms with Gasteiger partial charge >= 0.3 is 0 Å². The SMILES string of the molecule is CCN(/N=C/c1ccc2c(c1)C(C)(C)NC2=O)c1ncc(SC)n2cccc12. The molecule has 0 fully saturated rings. The molecule has 1 aliphatic rings. The summed E-state index contributed by atoms with van der Waals surface area (Å²) in [5.74, 6) is 0.798. The molecule has 144 valence electrons. The van der Waals surface area contributed by atoms with Crippen LogP contribution in [0.3, 0.4) is 0 Å². The van der Waals surface area contributed by atoms with Crippen LogP contribution in [0.2, 0.25) is 0 Å². The molecule has 0 bridgehead atoms. The standard InChI is InChI=1S/C21H23N5OS/c1-5-26(19-17-7-6-10-25(17)18(28-4)13-22-19)23-12-14-8-9-15-16(11-14)21(2,3)24-20(15)27/h6-13H,5H2,1-4H3,(H,24,27)/b23-12+. The number of benzene rings is 1. The zero-order valence-electron chi connectivity index (χ0n) is 16.4. The van der Waals surface area contributed by atoms with Crippen molar-refractivity contribution in [2.45, 2.75) is 31.3 Å². The van der Waals surface area contributed by atoms with Crippen molar-refractivity contribution in [1.82, 2.24) is 14.7 Å². The summed E-state index contributed by atoms with van der Waals surface area (Å²) in [6, 6.07) is 9.89. The van der Waals surface area contributed by atoms with Crippen molar-refractivity contribution in [3.05, 3.63) is 59.4 Å². The molecule has 28 heavy (non-hydrogen) atoms. The molecule has 0 saturated carbocycles. The van der Waals surface area contributed by atoms with E-state index in [-0.39, 0.29) is 11.4 Å². The Morgan fingerprint density at radius 2 is 2.18 bits per heavy atom. The van der Waals surface area contributed by atoms with Crippen LogP contribution in [0.25, 0.3) is 5.52 Å². The lowest BCUT2D eigenvalue weighted by atomic mass is 9.93. The molecule has 1 aliphatic heterocycles. The van der Waals surface area contributed by atoms with Crippen molar-refractivity contribution in [3.8, 4) is 0 Å². The molecule has 0 unspecified atom stereocenters. The number of amides is 1. The van der Waals surface area contributed by atoms with Gasteiger partial charge in [-0.2, -0.15) is 5.10 Å². The maximum absolute atomic E-state index is 12.1. The van der Waals surface area contributed by atoms with E-state index in [0.717, 1.165) is 33.1 Å². The number of anilines is 1. The number of rotatable bonds is 5. The quantitative estimate of drug-likeness (QED) is 0.406. The Hall–Kier alpha value is -2.80. The van der Waals surface area contributed by atoms with E-state index in [0.29, 0.717) is 6.54 Å². The van der Waals surface area contributed by atoms with E-state index in [4.69, 9.17) is 0 Å². The van der Waals surface area contributed by atoms with Gasteiger partial charge in [-0.3, -0.25) is 4.79 Å². The third kappa shape index (κ3) is 3.05. The first-order valence-corrected chi connectivity index (χ1v) is 10.5. The highest BCUT2D eigenvalue weighted by molar-refractivity contribution is 7.98. The molecule has 7 heteroatoms. The van der Waals surface area contributed by atoms with E-state index in [9.17, 15) is 4.79 Å². The minimum absolute atomic E-state index is 0.0209. The normalized spacial score (nSPS) is 15.2. The molecule has 0 aliphatic carbocycles. The molecular formula is C21H23N5OS. The Kier molecular flexibility index (Phi) is 4.63. The number of aromatic nitrogens is 2. The van der Waals surface area contributed by atoms with Gasteiger partial charge in [0.15, 0.2) is 5.82 Å².